The summed E-state index contributed by atoms with van der Waals surface area (Å²) in [5.74, 6) is 0.00402. The van der Waals surface area contributed by atoms with E-state index in [0.29, 0.717) is 6.54 Å². The minimum absolute atomic E-state index is 0.0891. The van der Waals surface area contributed by atoms with Gasteiger partial charge in [0, 0.05) is 23.8 Å². The van der Waals surface area contributed by atoms with Gasteiger partial charge in [0.1, 0.15) is 5.65 Å². The maximum Gasteiger partial charge on any atom is 0.218 e. The van der Waals surface area contributed by atoms with Crippen LogP contribution in [0.2, 0.25) is 0 Å². The summed E-state index contributed by atoms with van der Waals surface area (Å²) in [6, 6.07) is 3.94. The van der Waals surface area contributed by atoms with E-state index >= 15 is 0 Å². The molecule has 7 N–H and O–H groups in total. The van der Waals surface area contributed by atoms with Crippen LogP contribution in [0.3, 0.4) is 0 Å². The fourth-order valence-electron chi connectivity index (χ4n) is 1.98. The summed E-state index contributed by atoms with van der Waals surface area (Å²) in [6.07, 6.45) is 2.51. The van der Waals surface area contributed by atoms with E-state index in [2.05, 4.69) is 20.0 Å². The van der Waals surface area contributed by atoms with Gasteiger partial charge in [-0.05, 0) is 31.0 Å². The number of aromatic nitrogens is 2. The number of aliphatic imine (C=N–C) groups is 2. The Hall–Kier alpha value is -2.57. The second-order valence-corrected chi connectivity index (χ2v) is 4.15. The first-order valence-corrected chi connectivity index (χ1v) is 5.89. The smallest absolute Gasteiger partial charge is 0.218 e. The van der Waals surface area contributed by atoms with E-state index in [-0.39, 0.29) is 11.9 Å². The van der Waals surface area contributed by atoms with Gasteiger partial charge < -0.3 is 22.2 Å². The normalized spacial score (nSPS) is 11.7. The van der Waals surface area contributed by atoms with Crippen LogP contribution >= 0.6 is 0 Å². The highest BCUT2D eigenvalue weighted by molar-refractivity contribution is 5.92. The van der Waals surface area contributed by atoms with Gasteiger partial charge in [-0.25, -0.2) is 4.98 Å². The van der Waals surface area contributed by atoms with Crippen molar-refractivity contribution in [2.75, 3.05) is 6.54 Å². The highest BCUT2D eigenvalue weighted by Gasteiger charge is 2.07. The Morgan fingerprint density at radius 1 is 1.37 bits per heavy atom. The molecule has 0 saturated heterocycles. The molecule has 2 aromatic rings. The summed E-state index contributed by atoms with van der Waals surface area (Å²) in [4.78, 5) is 15.3. The molecule has 0 aliphatic carbocycles. The molecule has 2 aromatic heterocycles. The summed E-state index contributed by atoms with van der Waals surface area (Å²) in [5.41, 5.74) is 19.1. The number of H-pyrrole nitrogens is 1. The van der Waals surface area contributed by atoms with E-state index in [4.69, 9.17) is 17.2 Å². The maximum absolute atomic E-state index is 5.55. The molecule has 0 bridgehead atoms. The van der Waals surface area contributed by atoms with E-state index in [0.717, 1.165) is 23.1 Å². The molecule has 0 aromatic carbocycles. The third kappa shape index (κ3) is 3.01. The topological polar surface area (TPSA) is 131 Å². The van der Waals surface area contributed by atoms with Crippen molar-refractivity contribution in [3.05, 3.63) is 29.6 Å². The zero-order chi connectivity index (χ0) is 13.8. The van der Waals surface area contributed by atoms with Crippen LogP contribution in [0.25, 0.3) is 11.0 Å². The van der Waals surface area contributed by atoms with Gasteiger partial charge in [0.25, 0.3) is 0 Å². The number of hydrogen-bond donors (Lipinski definition) is 4. The highest BCUT2D eigenvalue weighted by Crippen LogP contribution is 2.20. The molecule has 0 spiro atoms. The number of nitrogens with one attached hydrogen (secondary N) is 1. The van der Waals surface area contributed by atoms with Crippen molar-refractivity contribution in [3.8, 4) is 0 Å². The third-order valence-corrected chi connectivity index (χ3v) is 2.77. The van der Waals surface area contributed by atoms with E-state index in [1.165, 1.54) is 5.56 Å². The lowest BCUT2D eigenvalue weighted by atomic mass is 10.1. The SMILES string of the molecule is Cc1[nH]c2ncccc2c1CCN=C(N)N=C(N)N. The molecule has 2 heterocycles. The summed E-state index contributed by atoms with van der Waals surface area (Å²) in [5, 5.41) is 1.11. The molecular formula is C12H17N7. The predicted octanol–water partition coefficient (Wildman–Crippen LogP) is 0.00192. The molecule has 7 nitrogen and oxygen atoms in total. The van der Waals surface area contributed by atoms with Crippen molar-refractivity contribution in [3.63, 3.8) is 0 Å². The number of pyridine rings is 1. The number of aryl methyl sites for hydroxylation is 1. The average Bonchev–Trinajstić information content (AvgIpc) is 2.65. The lowest BCUT2D eigenvalue weighted by molar-refractivity contribution is 0.956. The van der Waals surface area contributed by atoms with Crippen molar-refractivity contribution in [2.24, 2.45) is 27.2 Å². The van der Waals surface area contributed by atoms with Gasteiger partial charge in [0.15, 0.2) is 5.96 Å². The fraction of sp³-hybridized carbons (Fsp3) is 0.250. The molecule has 100 valence electrons. The standard InChI is InChI=1S/C12H17N7/c1-7-8(4-6-17-12(15)19-11(13)14)9-3-2-5-16-10(9)18-7/h2-3,5H,4,6H2,1H3,(H,16,18)(H6,13,14,15,17,19). The molecule has 0 saturated carbocycles. The molecule has 0 aliphatic rings. The van der Waals surface area contributed by atoms with Crippen LogP contribution in [0, 0.1) is 6.92 Å². The Labute approximate surface area is 110 Å². The Balaban J connectivity index is 2.14. The third-order valence-electron chi connectivity index (χ3n) is 2.77. The maximum atomic E-state index is 5.55. The van der Waals surface area contributed by atoms with E-state index in [9.17, 15) is 0 Å². The van der Waals surface area contributed by atoms with Crippen LogP contribution in [-0.2, 0) is 6.42 Å². The average molecular weight is 259 g/mol. The van der Waals surface area contributed by atoms with E-state index in [1.54, 1.807) is 6.20 Å². The number of hydrogen-bond acceptors (Lipinski definition) is 2. The second-order valence-electron chi connectivity index (χ2n) is 4.15. The summed E-state index contributed by atoms with van der Waals surface area (Å²) in [7, 11) is 0. The largest absolute Gasteiger partial charge is 0.370 e. The molecule has 0 aliphatic heterocycles. The molecule has 0 amide bonds. The van der Waals surface area contributed by atoms with Gasteiger partial charge in [-0.3, -0.25) is 4.99 Å². The Morgan fingerprint density at radius 2 is 2.16 bits per heavy atom. The first-order chi connectivity index (χ1) is 9.08. The molecule has 2 rings (SSSR count). The van der Waals surface area contributed by atoms with Crippen molar-refractivity contribution < 1.29 is 0 Å². The number of aromatic amines is 1. The monoisotopic (exact) mass is 259 g/mol. The Bertz CT molecular complexity index is 635. The van der Waals surface area contributed by atoms with Gasteiger partial charge in [0.2, 0.25) is 5.96 Å². The summed E-state index contributed by atoms with van der Waals surface area (Å²) in [6.45, 7) is 2.53. The number of guanidine groups is 2. The lowest BCUT2D eigenvalue weighted by Crippen LogP contribution is -2.26. The Kier molecular flexibility index (Phi) is 3.65. The zero-order valence-corrected chi connectivity index (χ0v) is 10.7. The zero-order valence-electron chi connectivity index (χ0n) is 10.7. The first kappa shape index (κ1) is 12.9. The second kappa shape index (κ2) is 5.38. The van der Waals surface area contributed by atoms with Crippen molar-refractivity contribution in [1.82, 2.24) is 9.97 Å². The number of rotatable bonds is 3. The van der Waals surface area contributed by atoms with Gasteiger partial charge in [-0.2, -0.15) is 4.99 Å². The number of fused-ring (bicyclic) bond motifs is 1. The molecule has 0 fully saturated rings. The minimum atomic E-state index is -0.0891. The Morgan fingerprint density at radius 3 is 2.89 bits per heavy atom. The summed E-state index contributed by atoms with van der Waals surface area (Å²) < 4.78 is 0. The quantitative estimate of drug-likeness (QED) is 0.456. The van der Waals surface area contributed by atoms with Crippen LogP contribution in [0.15, 0.2) is 28.3 Å². The van der Waals surface area contributed by atoms with Crippen LogP contribution < -0.4 is 17.2 Å². The van der Waals surface area contributed by atoms with E-state index in [1.807, 2.05) is 19.1 Å². The minimum Gasteiger partial charge on any atom is -0.370 e. The molecule has 19 heavy (non-hydrogen) atoms. The van der Waals surface area contributed by atoms with Crippen LogP contribution in [0.4, 0.5) is 0 Å². The van der Waals surface area contributed by atoms with Crippen molar-refractivity contribution >= 4 is 23.0 Å². The molecule has 0 unspecified atom stereocenters. The predicted molar refractivity (Wildman–Crippen MR) is 76.8 cm³/mol. The summed E-state index contributed by atoms with van der Waals surface area (Å²) >= 11 is 0. The van der Waals surface area contributed by atoms with Crippen molar-refractivity contribution in [2.45, 2.75) is 13.3 Å². The van der Waals surface area contributed by atoms with Crippen LogP contribution in [0.5, 0.6) is 0 Å². The van der Waals surface area contributed by atoms with Gasteiger partial charge >= 0.3 is 0 Å². The highest BCUT2D eigenvalue weighted by atomic mass is 15.1. The molecule has 0 radical (unpaired) electrons. The van der Waals surface area contributed by atoms with Crippen LogP contribution in [0.1, 0.15) is 11.3 Å². The van der Waals surface area contributed by atoms with Crippen LogP contribution in [-0.4, -0.2) is 28.4 Å². The van der Waals surface area contributed by atoms with Gasteiger partial charge in [-0.1, -0.05) is 0 Å². The van der Waals surface area contributed by atoms with E-state index < -0.39 is 0 Å². The molecule has 0 atom stereocenters. The molecular weight excluding hydrogens is 242 g/mol. The van der Waals surface area contributed by atoms with Gasteiger partial charge in [-0.15, -0.1) is 0 Å². The lowest BCUT2D eigenvalue weighted by Gasteiger charge is -1.99. The number of nitrogens with zero attached hydrogens (tertiary/aromatic N) is 3. The molecule has 7 heteroatoms. The van der Waals surface area contributed by atoms with Gasteiger partial charge in [0.05, 0.1) is 0 Å². The van der Waals surface area contributed by atoms with Crippen molar-refractivity contribution in [1.29, 1.82) is 0 Å². The first-order valence-electron chi connectivity index (χ1n) is 5.89. The number of nitrogens with two attached hydrogens (primary N) is 3. The fourth-order valence-corrected chi connectivity index (χ4v) is 1.98.